The van der Waals surface area contributed by atoms with Gasteiger partial charge in [-0.25, -0.2) is 0 Å². The molecule has 142 valence electrons. The second-order valence-electron chi connectivity index (χ2n) is 6.38. The first kappa shape index (κ1) is 17.4. The molecule has 8 heteroatoms. The first-order chi connectivity index (χ1) is 13.0. The van der Waals surface area contributed by atoms with E-state index in [0.29, 0.717) is 28.4 Å². The third kappa shape index (κ3) is 2.65. The van der Waals surface area contributed by atoms with Gasteiger partial charge in [-0.1, -0.05) is 18.2 Å². The number of methoxy groups -OCH3 is 1. The minimum Gasteiger partial charge on any atom is -0.496 e. The monoisotopic (exact) mass is 374 g/mol. The van der Waals surface area contributed by atoms with E-state index in [1.165, 1.54) is 13.2 Å². The van der Waals surface area contributed by atoms with Gasteiger partial charge in [0.15, 0.2) is 11.5 Å². The molecule has 2 aliphatic rings. The number of hydrogen-bond acceptors (Lipinski definition) is 7. The molecule has 0 aliphatic carbocycles. The molecule has 27 heavy (non-hydrogen) atoms. The van der Waals surface area contributed by atoms with Crippen LogP contribution in [0.2, 0.25) is 0 Å². The fourth-order valence-electron chi connectivity index (χ4n) is 3.70. The van der Waals surface area contributed by atoms with Gasteiger partial charge in [-0.2, -0.15) is 0 Å². The number of carboxylic acid groups (broad SMARTS) is 1. The molecule has 0 saturated carbocycles. The van der Waals surface area contributed by atoms with Crippen molar-refractivity contribution < 1.29 is 39.1 Å². The van der Waals surface area contributed by atoms with Crippen molar-refractivity contribution in [1.29, 1.82) is 0 Å². The van der Waals surface area contributed by atoms with Gasteiger partial charge in [0.2, 0.25) is 12.6 Å². The third-order valence-electron chi connectivity index (χ3n) is 4.91. The molecule has 0 spiro atoms. The minimum absolute atomic E-state index is 0.0319. The zero-order valence-corrected chi connectivity index (χ0v) is 14.4. The second kappa shape index (κ2) is 6.33. The van der Waals surface area contributed by atoms with Crippen LogP contribution >= 0.6 is 0 Å². The molecule has 2 heterocycles. The summed E-state index contributed by atoms with van der Waals surface area (Å²) < 4.78 is 21.7. The van der Waals surface area contributed by atoms with Crippen LogP contribution in [-0.2, 0) is 4.79 Å². The van der Waals surface area contributed by atoms with Crippen molar-refractivity contribution in [1.82, 2.24) is 0 Å². The van der Waals surface area contributed by atoms with Crippen LogP contribution in [0.15, 0.2) is 36.4 Å². The van der Waals surface area contributed by atoms with Gasteiger partial charge in [0.25, 0.3) is 0 Å². The van der Waals surface area contributed by atoms with E-state index in [0.717, 1.165) is 0 Å². The predicted molar refractivity (Wildman–Crippen MR) is 91.2 cm³/mol. The highest BCUT2D eigenvalue weighted by Gasteiger charge is 2.54. The molecular weight excluding hydrogens is 356 g/mol. The summed E-state index contributed by atoms with van der Waals surface area (Å²) in [4.78, 5) is 12.1. The van der Waals surface area contributed by atoms with Gasteiger partial charge in [0, 0.05) is 23.1 Å². The molecule has 0 bridgehead atoms. The van der Waals surface area contributed by atoms with E-state index in [4.69, 9.17) is 18.9 Å². The quantitative estimate of drug-likeness (QED) is 0.734. The summed E-state index contributed by atoms with van der Waals surface area (Å²) in [5, 5.41) is 30.5. The van der Waals surface area contributed by atoms with Crippen molar-refractivity contribution in [2.24, 2.45) is 5.92 Å². The summed E-state index contributed by atoms with van der Waals surface area (Å²) in [6, 6.07) is 10.1. The van der Waals surface area contributed by atoms with E-state index in [-0.39, 0.29) is 12.5 Å². The predicted octanol–water partition coefficient (Wildman–Crippen LogP) is 1.33. The van der Waals surface area contributed by atoms with E-state index in [2.05, 4.69) is 0 Å². The normalized spacial score (nSPS) is 25.4. The molecule has 3 N–H and O–H groups in total. The summed E-state index contributed by atoms with van der Waals surface area (Å²) in [5.74, 6) is -4.43. The second-order valence-corrected chi connectivity index (χ2v) is 6.38. The molecule has 0 saturated heterocycles. The molecule has 2 aromatic rings. The molecular formula is C19H18O8. The van der Waals surface area contributed by atoms with Crippen LogP contribution < -0.4 is 18.9 Å². The van der Waals surface area contributed by atoms with Crippen molar-refractivity contribution >= 4 is 5.97 Å². The summed E-state index contributed by atoms with van der Waals surface area (Å²) >= 11 is 0. The molecule has 0 amide bonds. The van der Waals surface area contributed by atoms with Crippen LogP contribution in [0.4, 0.5) is 0 Å². The number of ether oxygens (including phenoxy) is 4. The number of rotatable bonds is 4. The molecule has 0 fully saturated rings. The highest BCUT2D eigenvalue weighted by molar-refractivity contribution is 5.76. The van der Waals surface area contributed by atoms with Crippen molar-refractivity contribution in [3.63, 3.8) is 0 Å². The highest BCUT2D eigenvalue weighted by atomic mass is 16.7. The van der Waals surface area contributed by atoms with E-state index in [9.17, 15) is 20.1 Å². The maximum atomic E-state index is 12.1. The lowest BCUT2D eigenvalue weighted by atomic mass is 9.74. The van der Waals surface area contributed by atoms with Crippen LogP contribution in [0.1, 0.15) is 17.0 Å². The molecule has 0 aromatic heterocycles. The van der Waals surface area contributed by atoms with Crippen LogP contribution in [0.25, 0.3) is 0 Å². The Kier molecular flexibility index (Phi) is 4.09. The number of benzene rings is 2. The molecule has 8 nitrogen and oxygen atoms in total. The average Bonchev–Trinajstić information content (AvgIpc) is 3.12. The lowest BCUT2D eigenvalue weighted by Gasteiger charge is -2.42. The smallest absolute Gasteiger partial charge is 0.314 e. The number of aliphatic carboxylic acids is 1. The summed E-state index contributed by atoms with van der Waals surface area (Å²) in [7, 11) is 1.48. The van der Waals surface area contributed by atoms with Gasteiger partial charge in [-0.3, -0.25) is 4.79 Å². The molecule has 0 radical (unpaired) electrons. The largest absolute Gasteiger partial charge is 0.496 e. The Bertz CT molecular complexity index is 895. The minimum atomic E-state index is -2.32. The number of para-hydroxylation sites is 1. The van der Waals surface area contributed by atoms with E-state index in [1.54, 1.807) is 30.3 Å². The number of aliphatic hydroxyl groups excluding tert-OH is 1. The fourth-order valence-corrected chi connectivity index (χ4v) is 3.70. The molecule has 4 rings (SSSR count). The number of aliphatic hydroxyl groups is 2. The van der Waals surface area contributed by atoms with Crippen molar-refractivity contribution in [3.05, 3.63) is 47.5 Å². The number of hydrogen-bond donors (Lipinski definition) is 3. The van der Waals surface area contributed by atoms with Crippen molar-refractivity contribution in [2.45, 2.75) is 11.7 Å². The van der Waals surface area contributed by atoms with Gasteiger partial charge in [-0.15, -0.1) is 0 Å². The Hall–Kier alpha value is -2.97. The Balaban J connectivity index is 1.99. The Morgan fingerprint density at radius 3 is 2.56 bits per heavy atom. The zero-order chi connectivity index (χ0) is 19.2. The summed E-state index contributed by atoms with van der Waals surface area (Å²) in [6.07, 6.45) is 0. The van der Waals surface area contributed by atoms with Crippen molar-refractivity contribution in [2.75, 3.05) is 20.5 Å². The third-order valence-corrected chi connectivity index (χ3v) is 4.91. The summed E-state index contributed by atoms with van der Waals surface area (Å²) in [5.41, 5.74) is 1.04. The first-order valence-electron chi connectivity index (χ1n) is 8.30. The number of fused-ring (bicyclic) bond motifs is 2. The topological polar surface area (TPSA) is 115 Å². The van der Waals surface area contributed by atoms with Gasteiger partial charge in [0.1, 0.15) is 24.0 Å². The maximum absolute atomic E-state index is 12.1. The Morgan fingerprint density at radius 1 is 1.19 bits per heavy atom. The standard InChI is InChI=1S/C19H18O8/c1-24-12-5-3-2-4-10(12)16-11-6-14-15(26-9-25-14)7-13(11)27-19(23,8-20)17(16)18(21)22/h2-7,16-17,20,23H,8-9H2,1H3,(H,21,22)/t16-,17+,19-/m1/s1. The average molecular weight is 374 g/mol. The Morgan fingerprint density at radius 2 is 1.89 bits per heavy atom. The van der Waals surface area contributed by atoms with Gasteiger partial charge in [-0.05, 0) is 12.1 Å². The molecule has 2 aliphatic heterocycles. The zero-order valence-electron chi connectivity index (χ0n) is 14.4. The van der Waals surface area contributed by atoms with Gasteiger partial charge in [0.05, 0.1) is 7.11 Å². The number of carboxylic acids is 1. The first-order valence-corrected chi connectivity index (χ1v) is 8.30. The fraction of sp³-hybridized carbons (Fsp3) is 0.316. The Labute approximate surface area is 154 Å². The highest BCUT2D eigenvalue weighted by Crippen LogP contribution is 2.52. The van der Waals surface area contributed by atoms with E-state index in [1.807, 2.05) is 0 Å². The lowest BCUT2D eigenvalue weighted by Crippen LogP contribution is -2.55. The van der Waals surface area contributed by atoms with E-state index < -0.39 is 30.2 Å². The molecule has 2 aromatic carbocycles. The van der Waals surface area contributed by atoms with Crippen LogP contribution in [0.3, 0.4) is 0 Å². The SMILES string of the molecule is COc1ccccc1[C@@H]1c2cc3c(cc2O[C@](O)(CO)[C@@H]1C(=O)O)OCO3. The summed E-state index contributed by atoms with van der Waals surface area (Å²) in [6.45, 7) is -0.867. The molecule has 3 atom stereocenters. The van der Waals surface area contributed by atoms with Crippen LogP contribution in [0, 0.1) is 5.92 Å². The van der Waals surface area contributed by atoms with Gasteiger partial charge < -0.3 is 34.3 Å². The van der Waals surface area contributed by atoms with Crippen molar-refractivity contribution in [3.8, 4) is 23.0 Å². The van der Waals surface area contributed by atoms with Crippen LogP contribution in [0.5, 0.6) is 23.0 Å². The van der Waals surface area contributed by atoms with E-state index >= 15 is 0 Å². The lowest BCUT2D eigenvalue weighted by molar-refractivity contribution is -0.220. The number of carbonyl (C=O) groups is 1. The van der Waals surface area contributed by atoms with Crippen LogP contribution in [-0.4, -0.2) is 47.6 Å². The molecule has 0 unspecified atom stereocenters. The van der Waals surface area contributed by atoms with Gasteiger partial charge >= 0.3 is 5.97 Å². The maximum Gasteiger partial charge on any atom is 0.314 e.